The molecule has 4 nitrogen and oxygen atoms in total. The summed E-state index contributed by atoms with van der Waals surface area (Å²) >= 11 is 1.60. The first-order valence-corrected chi connectivity index (χ1v) is 6.85. The minimum atomic E-state index is -0.804. The maximum atomic E-state index is 10.6. The lowest BCUT2D eigenvalue weighted by Crippen LogP contribution is -2.30. The van der Waals surface area contributed by atoms with Gasteiger partial charge in [0.15, 0.2) is 0 Å². The second-order valence-corrected chi connectivity index (χ2v) is 5.70. The molecule has 0 unspecified atom stereocenters. The molecule has 0 spiro atoms. The average molecular weight is 254 g/mol. The van der Waals surface area contributed by atoms with E-state index in [0.29, 0.717) is 5.69 Å². The summed E-state index contributed by atoms with van der Waals surface area (Å²) in [7, 11) is 2.16. The lowest BCUT2D eigenvalue weighted by Gasteiger charge is -2.28. The van der Waals surface area contributed by atoms with Gasteiger partial charge in [-0.3, -0.25) is 4.79 Å². The van der Waals surface area contributed by atoms with E-state index in [4.69, 9.17) is 5.11 Å². The molecule has 1 aliphatic heterocycles. The van der Waals surface area contributed by atoms with E-state index in [-0.39, 0.29) is 6.42 Å². The van der Waals surface area contributed by atoms with Crippen LogP contribution < -0.4 is 0 Å². The van der Waals surface area contributed by atoms with Crippen molar-refractivity contribution in [2.45, 2.75) is 25.7 Å². The number of carboxylic acid groups (broad SMARTS) is 1. The number of rotatable bonds is 4. The van der Waals surface area contributed by atoms with Gasteiger partial charge in [0.2, 0.25) is 0 Å². The van der Waals surface area contributed by atoms with Gasteiger partial charge in [0.25, 0.3) is 0 Å². The van der Waals surface area contributed by atoms with Gasteiger partial charge in [0, 0.05) is 11.8 Å². The smallest absolute Gasteiger partial charge is 0.309 e. The molecule has 1 saturated heterocycles. The van der Waals surface area contributed by atoms with Gasteiger partial charge in [-0.15, -0.1) is 11.3 Å². The highest BCUT2D eigenvalue weighted by atomic mass is 32.1. The summed E-state index contributed by atoms with van der Waals surface area (Å²) in [5.41, 5.74) is 0.699. The van der Waals surface area contributed by atoms with E-state index in [9.17, 15) is 4.79 Å². The van der Waals surface area contributed by atoms with E-state index in [0.717, 1.165) is 30.4 Å². The fourth-order valence-electron chi connectivity index (χ4n) is 2.19. The molecule has 0 aliphatic carbocycles. The van der Waals surface area contributed by atoms with Crippen LogP contribution >= 0.6 is 11.3 Å². The summed E-state index contributed by atoms with van der Waals surface area (Å²) < 4.78 is 0. The Bertz CT molecular complexity index is 384. The maximum absolute atomic E-state index is 10.6. The number of carboxylic acids is 1. The first-order valence-electron chi connectivity index (χ1n) is 5.97. The molecular formula is C12H18N2O2S. The minimum Gasteiger partial charge on any atom is -0.481 e. The Balaban J connectivity index is 1.86. The third-order valence-electron chi connectivity index (χ3n) is 3.23. The monoisotopic (exact) mass is 254 g/mol. The van der Waals surface area contributed by atoms with E-state index in [1.807, 2.05) is 5.38 Å². The van der Waals surface area contributed by atoms with E-state index >= 15 is 0 Å². The molecule has 0 aromatic carbocycles. The molecule has 1 fully saturated rings. The Morgan fingerprint density at radius 3 is 2.94 bits per heavy atom. The molecule has 17 heavy (non-hydrogen) atoms. The molecule has 1 aromatic rings. The van der Waals surface area contributed by atoms with E-state index in [1.165, 1.54) is 12.8 Å². The van der Waals surface area contributed by atoms with Gasteiger partial charge in [0.05, 0.1) is 17.1 Å². The van der Waals surface area contributed by atoms with Gasteiger partial charge in [-0.2, -0.15) is 0 Å². The van der Waals surface area contributed by atoms with Crippen molar-refractivity contribution in [1.82, 2.24) is 9.88 Å². The van der Waals surface area contributed by atoms with Crippen molar-refractivity contribution in [2.75, 3.05) is 20.1 Å². The maximum Gasteiger partial charge on any atom is 0.309 e. The van der Waals surface area contributed by atoms with Crippen molar-refractivity contribution in [1.29, 1.82) is 0 Å². The summed E-state index contributed by atoms with van der Waals surface area (Å²) in [6.45, 7) is 2.33. The van der Waals surface area contributed by atoms with E-state index in [2.05, 4.69) is 16.9 Å². The highest BCUT2D eigenvalue weighted by molar-refractivity contribution is 7.09. The van der Waals surface area contributed by atoms with E-state index < -0.39 is 5.97 Å². The first-order chi connectivity index (χ1) is 8.13. The van der Waals surface area contributed by atoms with Crippen molar-refractivity contribution >= 4 is 17.3 Å². The van der Waals surface area contributed by atoms with Crippen LogP contribution in [0.15, 0.2) is 5.38 Å². The topological polar surface area (TPSA) is 53.4 Å². The molecule has 0 atom stereocenters. The Morgan fingerprint density at radius 1 is 1.59 bits per heavy atom. The van der Waals surface area contributed by atoms with Gasteiger partial charge in [-0.05, 0) is 38.9 Å². The second kappa shape index (κ2) is 5.60. The lowest BCUT2D eigenvalue weighted by molar-refractivity contribution is -0.136. The molecule has 1 aromatic heterocycles. The number of hydrogen-bond donors (Lipinski definition) is 1. The summed E-state index contributed by atoms with van der Waals surface area (Å²) in [5.74, 6) is -0.0869. The highest BCUT2D eigenvalue weighted by Crippen LogP contribution is 2.22. The lowest BCUT2D eigenvalue weighted by atomic mass is 9.94. The molecule has 0 radical (unpaired) electrons. The molecule has 1 N–H and O–H groups in total. The molecule has 2 heterocycles. The Morgan fingerprint density at radius 2 is 2.29 bits per heavy atom. The molecule has 5 heteroatoms. The van der Waals surface area contributed by atoms with Crippen LogP contribution in [0.4, 0.5) is 0 Å². The zero-order valence-electron chi connectivity index (χ0n) is 10.1. The molecule has 94 valence electrons. The Hall–Kier alpha value is -0.940. The van der Waals surface area contributed by atoms with Gasteiger partial charge < -0.3 is 10.0 Å². The largest absolute Gasteiger partial charge is 0.481 e. The Labute approximate surface area is 105 Å². The predicted molar refractivity (Wildman–Crippen MR) is 67.4 cm³/mol. The van der Waals surface area contributed by atoms with Crippen LogP contribution in [0, 0.1) is 5.92 Å². The van der Waals surface area contributed by atoms with Gasteiger partial charge in [0.1, 0.15) is 0 Å². The standard InChI is InChI=1S/C12H18N2O2S/c1-14-4-2-9(3-5-14)6-11-13-10(8-17-11)7-12(15)16/h8-9H,2-7H2,1H3,(H,15,16). The molecular weight excluding hydrogens is 236 g/mol. The van der Waals surface area contributed by atoms with Crippen molar-refractivity contribution in [2.24, 2.45) is 5.92 Å². The molecule has 1 aliphatic rings. The van der Waals surface area contributed by atoms with Gasteiger partial charge in [-0.25, -0.2) is 4.98 Å². The average Bonchev–Trinajstić information content (AvgIpc) is 2.68. The second-order valence-electron chi connectivity index (χ2n) is 4.75. The third kappa shape index (κ3) is 3.78. The minimum absolute atomic E-state index is 0.0455. The number of nitrogens with zero attached hydrogens (tertiary/aromatic N) is 2. The van der Waals surface area contributed by atoms with Crippen LogP contribution in [0.2, 0.25) is 0 Å². The predicted octanol–water partition coefficient (Wildman–Crippen LogP) is 1.65. The first kappa shape index (κ1) is 12.5. The SMILES string of the molecule is CN1CCC(Cc2nc(CC(=O)O)cs2)CC1. The highest BCUT2D eigenvalue weighted by Gasteiger charge is 2.18. The van der Waals surface area contributed by atoms with Crippen LogP contribution in [-0.4, -0.2) is 41.1 Å². The number of hydrogen-bond acceptors (Lipinski definition) is 4. The summed E-state index contributed by atoms with van der Waals surface area (Å²) in [6.07, 6.45) is 3.51. The normalized spacial score (nSPS) is 18.4. The summed E-state index contributed by atoms with van der Waals surface area (Å²) in [6, 6.07) is 0. The summed E-state index contributed by atoms with van der Waals surface area (Å²) in [5, 5.41) is 11.7. The van der Waals surface area contributed by atoms with Crippen LogP contribution in [0.5, 0.6) is 0 Å². The molecule has 2 rings (SSSR count). The van der Waals surface area contributed by atoms with Crippen LogP contribution in [0.1, 0.15) is 23.5 Å². The quantitative estimate of drug-likeness (QED) is 0.887. The number of likely N-dealkylation sites (tertiary alicyclic amines) is 1. The van der Waals surface area contributed by atoms with Crippen LogP contribution in [0.25, 0.3) is 0 Å². The van der Waals surface area contributed by atoms with Crippen molar-refractivity contribution in [3.63, 3.8) is 0 Å². The van der Waals surface area contributed by atoms with E-state index in [1.54, 1.807) is 11.3 Å². The molecule has 0 bridgehead atoms. The van der Waals surface area contributed by atoms with Crippen molar-refractivity contribution in [3.05, 3.63) is 16.1 Å². The third-order valence-corrected chi connectivity index (χ3v) is 4.15. The zero-order valence-corrected chi connectivity index (χ0v) is 10.9. The fraction of sp³-hybridized carbons (Fsp3) is 0.667. The van der Waals surface area contributed by atoms with Crippen molar-refractivity contribution < 1.29 is 9.90 Å². The summed E-state index contributed by atoms with van der Waals surface area (Å²) in [4.78, 5) is 17.3. The Kier molecular flexibility index (Phi) is 4.12. The molecule has 0 amide bonds. The van der Waals surface area contributed by atoms with Crippen LogP contribution in [0.3, 0.4) is 0 Å². The number of aromatic nitrogens is 1. The van der Waals surface area contributed by atoms with Crippen molar-refractivity contribution in [3.8, 4) is 0 Å². The fourth-order valence-corrected chi connectivity index (χ4v) is 3.10. The number of carbonyl (C=O) groups is 1. The number of aliphatic carboxylic acids is 1. The molecule has 0 saturated carbocycles. The zero-order chi connectivity index (χ0) is 12.3. The number of thiazole rings is 1. The van der Waals surface area contributed by atoms with Crippen LogP contribution in [-0.2, 0) is 17.6 Å². The number of piperidine rings is 1. The van der Waals surface area contributed by atoms with Gasteiger partial charge in [-0.1, -0.05) is 0 Å². The van der Waals surface area contributed by atoms with Gasteiger partial charge >= 0.3 is 5.97 Å².